The minimum atomic E-state index is -0.517. The van der Waals surface area contributed by atoms with Gasteiger partial charge in [-0.2, -0.15) is 0 Å². The Morgan fingerprint density at radius 1 is 1.47 bits per heavy atom. The summed E-state index contributed by atoms with van der Waals surface area (Å²) in [7, 11) is 1.79. The molecule has 0 saturated carbocycles. The minimum Gasteiger partial charge on any atom is -0.379 e. The predicted molar refractivity (Wildman–Crippen MR) is 66.9 cm³/mol. The average Bonchev–Trinajstić information content (AvgIpc) is 2.28. The molecule has 0 bridgehead atoms. The quantitative estimate of drug-likeness (QED) is 0.846. The van der Waals surface area contributed by atoms with E-state index in [4.69, 9.17) is 10.5 Å². The smallest absolute Gasteiger partial charge is 0.238 e. The maximum atomic E-state index is 12.4. The molecule has 4 nitrogen and oxygen atoms in total. The summed E-state index contributed by atoms with van der Waals surface area (Å²) < 4.78 is 5.14. The Bertz CT molecular complexity index is 422. The second kappa shape index (κ2) is 4.47. The molecule has 4 heteroatoms. The molecule has 0 atom stereocenters. The molecule has 17 heavy (non-hydrogen) atoms. The largest absolute Gasteiger partial charge is 0.379 e. The van der Waals surface area contributed by atoms with E-state index in [1.54, 1.807) is 11.9 Å². The van der Waals surface area contributed by atoms with Crippen LogP contribution in [0.4, 0.5) is 5.69 Å². The number of carbonyl (C=O) groups excluding carboxylic acids is 1. The summed E-state index contributed by atoms with van der Waals surface area (Å²) in [6, 6.07) is 7.82. The van der Waals surface area contributed by atoms with E-state index in [2.05, 4.69) is 0 Å². The molecule has 1 aromatic rings. The highest BCUT2D eigenvalue weighted by Gasteiger charge is 2.46. The first kappa shape index (κ1) is 12.1. The number of hydrogen-bond donors (Lipinski definition) is 1. The van der Waals surface area contributed by atoms with Gasteiger partial charge in [-0.05, 0) is 18.6 Å². The first-order valence-corrected chi connectivity index (χ1v) is 5.72. The highest BCUT2D eigenvalue weighted by atomic mass is 16.5. The molecule has 1 amide bonds. The van der Waals surface area contributed by atoms with Crippen LogP contribution >= 0.6 is 0 Å². The van der Waals surface area contributed by atoms with Crippen molar-refractivity contribution in [2.75, 3.05) is 31.7 Å². The molecule has 1 aromatic carbocycles. The van der Waals surface area contributed by atoms with Gasteiger partial charge < -0.3 is 15.4 Å². The van der Waals surface area contributed by atoms with Gasteiger partial charge in [0.15, 0.2) is 0 Å². The number of aryl methyl sites for hydroxylation is 1. The van der Waals surface area contributed by atoms with Gasteiger partial charge >= 0.3 is 0 Å². The fraction of sp³-hybridized carbons (Fsp3) is 0.462. The number of rotatable bonds is 3. The van der Waals surface area contributed by atoms with Gasteiger partial charge in [-0.15, -0.1) is 0 Å². The lowest BCUT2D eigenvalue weighted by molar-refractivity contribution is -0.156. The standard InChI is InChI=1S/C13H18N2O2/c1-10-5-3-4-6-11(10)15(2)12(16)13(7-14)8-17-9-13/h3-6H,7-9,14H2,1-2H3. The van der Waals surface area contributed by atoms with Crippen LogP contribution in [-0.4, -0.2) is 32.7 Å². The van der Waals surface area contributed by atoms with Crippen LogP contribution in [0.5, 0.6) is 0 Å². The highest BCUT2D eigenvalue weighted by Crippen LogP contribution is 2.31. The molecule has 0 unspecified atom stereocenters. The molecule has 0 radical (unpaired) electrons. The molecule has 2 rings (SSSR count). The van der Waals surface area contributed by atoms with Crippen LogP contribution in [0.1, 0.15) is 5.56 Å². The molecular formula is C13H18N2O2. The van der Waals surface area contributed by atoms with Crippen molar-refractivity contribution in [1.29, 1.82) is 0 Å². The summed E-state index contributed by atoms with van der Waals surface area (Å²) in [6.45, 7) is 3.19. The van der Waals surface area contributed by atoms with E-state index in [0.717, 1.165) is 11.3 Å². The average molecular weight is 234 g/mol. The van der Waals surface area contributed by atoms with Gasteiger partial charge in [-0.1, -0.05) is 18.2 Å². The molecule has 92 valence electrons. The van der Waals surface area contributed by atoms with E-state index in [1.807, 2.05) is 31.2 Å². The fourth-order valence-electron chi connectivity index (χ4n) is 2.08. The zero-order chi connectivity index (χ0) is 12.5. The Balaban J connectivity index is 2.23. The number of ether oxygens (including phenoxy) is 1. The molecule has 1 aliphatic rings. The van der Waals surface area contributed by atoms with Gasteiger partial charge in [-0.3, -0.25) is 4.79 Å². The van der Waals surface area contributed by atoms with Crippen LogP contribution in [0.2, 0.25) is 0 Å². The van der Waals surface area contributed by atoms with E-state index < -0.39 is 5.41 Å². The molecule has 1 saturated heterocycles. The topological polar surface area (TPSA) is 55.6 Å². The number of nitrogens with two attached hydrogens (primary N) is 1. The van der Waals surface area contributed by atoms with Crippen molar-refractivity contribution in [3.05, 3.63) is 29.8 Å². The van der Waals surface area contributed by atoms with E-state index >= 15 is 0 Å². The highest BCUT2D eigenvalue weighted by molar-refractivity contribution is 5.98. The Hall–Kier alpha value is -1.39. The summed E-state index contributed by atoms with van der Waals surface area (Å²) in [6.07, 6.45) is 0. The van der Waals surface area contributed by atoms with Crippen LogP contribution in [0.3, 0.4) is 0 Å². The summed E-state index contributed by atoms with van der Waals surface area (Å²) in [5.74, 6) is 0.0422. The summed E-state index contributed by atoms with van der Waals surface area (Å²) in [5, 5.41) is 0. The van der Waals surface area contributed by atoms with Gasteiger partial charge in [0.25, 0.3) is 0 Å². The Labute approximate surface area is 101 Å². The Morgan fingerprint density at radius 2 is 2.12 bits per heavy atom. The van der Waals surface area contributed by atoms with Crippen LogP contribution in [0.15, 0.2) is 24.3 Å². The molecule has 1 fully saturated rings. The lowest BCUT2D eigenvalue weighted by atomic mass is 9.84. The van der Waals surface area contributed by atoms with Gasteiger partial charge in [0.2, 0.25) is 5.91 Å². The lowest BCUT2D eigenvalue weighted by Gasteiger charge is -2.41. The van der Waals surface area contributed by atoms with Crippen molar-refractivity contribution in [2.45, 2.75) is 6.92 Å². The SMILES string of the molecule is Cc1ccccc1N(C)C(=O)C1(CN)COC1. The number of para-hydroxylation sites is 1. The number of amides is 1. The molecular weight excluding hydrogens is 216 g/mol. The van der Waals surface area contributed by atoms with Gasteiger partial charge in [0.05, 0.1) is 13.2 Å². The van der Waals surface area contributed by atoms with E-state index in [-0.39, 0.29) is 5.91 Å². The maximum absolute atomic E-state index is 12.4. The second-order valence-electron chi connectivity index (χ2n) is 4.63. The molecule has 2 N–H and O–H groups in total. The number of benzene rings is 1. The van der Waals surface area contributed by atoms with E-state index in [1.165, 1.54) is 0 Å². The Kier molecular flexibility index (Phi) is 3.17. The number of nitrogens with zero attached hydrogens (tertiary/aromatic N) is 1. The van der Waals surface area contributed by atoms with Crippen LogP contribution in [-0.2, 0) is 9.53 Å². The van der Waals surface area contributed by atoms with Gasteiger partial charge in [0.1, 0.15) is 5.41 Å². The zero-order valence-corrected chi connectivity index (χ0v) is 10.3. The minimum absolute atomic E-state index is 0.0422. The van der Waals surface area contributed by atoms with Crippen molar-refractivity contribution >= 4 is 11.6 Å². The van der Waals surface area contributed by atoms with Gasteiger partial charge in [-0.25, -0.2) is 0 Å². The third-order valence-corrected chi connectivity index (χ3v) is 3.38. The first-order chi connectivity index (χ1) is 8.10. The fourth-order valence-corrected chi connectivity index (χ4v) is 2.08. The van der Waals surface area contributed by atoms with Crippen LogP contribution in [0, 0.1) is 12.3 Å². The maximum Gasteiger partial charge on any atom is 0.238 e. The number of carbonyl (C=O) groups is 1. The van der Waals surface area contributed by atoms with Crippen molar-refractivity contribution in [1.82, 2.24) is 0 Å². The van der Waals surface area contributed by atoms with Gasteiger partial charge in [0, 0.05) is 19.3 Å². The molecule has 1 aliphatic heterocycles. The zero-order valence-electron chi connectivity index (χ0n) is 10.3. The van der Waals surface area contributed by atoms with E-state index in [0.29, 0.717) is 19.8 Å². The first-order valence-electron chi connectivity index (χ1n) is 5.72. The van der Waals surface area contributed by atoms with Crippen molar-refractivity contribution in [3.63, 3.8) is 0 Å². The van der Waals surface area contributed by atoms with Crippen molar-refractivity contribution in [3.8, 4) is 0 Å². The molecule has 1 heterocycles. The van der Waals surface area contributed by atoms with E-state index in [9.17, 15) is 4.79 Å². The molecule has 0 aliphatic carbocycles. The second-order valence-corrected chi connectivity index (χ2v) is 4.63. The predicted octanol–water partition coefficient (Wildman–Crippen LogP) is 0.933. The molecule has 0 spiro atoms. The molecule has 0 aromatic heterocycles. The summed E-state index contributed by atoms with van der Waals surface area (Å²) >= 11 is 0. The summed E-state index contributed by atoms with van der Waals surface area (Å²) in [5.41, 5.74) is 7.19. The Morgan fingerprint density at radius 3 is 2.59 bits per heavy atom. The lowest BCUT2D eigenvalue weighted by Crippen LogP contribution is -2.58. The summed E-state index contributed by atoms with van der Waals surface area (Å²) in [4.78, 5) is 14.1. The van der Waals surface area contributed by atoms with Crippen LogP contribution in [0.25, 0.3) is 0 Å². The van der Waals surface area contributed by atoms with Crippen molar-refractivity contribution < 1.29 is 9.53 Å². The number of anilines is 1. The number of hydrogen-bond acceptors (Lipinski definition) is 3. The third-order valence-electron chi connectivity index (χ3n) is 3.38. The monoisotopic (exact) mass is 234 g/mol. The third kappa shape index (κ3) is 1.94. The van der Waals surface area contributed by atoms with Crippen molar-refractivity contribution in [2.24, 2.45) is 11.1 Å². The van der Waals surface area contributed by atoms with Crippen LogP contribution < -0.4 is 10.6 Å². The normalized spacial score (nSPS) is 17.4.